The summed E-state index contributed by atoms with van der Waals surface area (Å²) in [5, 5.41) is 0. The molecule has 0 aromatic heterocycles. The number of thioether (sulfide) groups is 1. The Morgan fingerprint density at radius 3 is 2.55 bits per heavy atom. The molecule has 0 radical (unpaired) electrons. The first-order valence-corrected chi connectivity index (χ1v) is 15.4. The number of nitrogens with zero attached hydrogens (tertiary/aromatic N) is 2. The van der Waals surface area contributed by atoms with Crippen LogP contribution in [0.5, 0.6) is 0 Å². The summed E-state index contributed by atoms with van der Waals surface area (Å²) < 4.78 is 0. The zero-order valence-electron chi connectivity index (χ0n) is 13.9. The first kappa shape index (κ1) is 21.0. The highest BCUT2D eigenvalue weighted by atomic mass is 128. The molecule has 2 nitrogen and oxygen atoms in total. The molecule has 2 aliphatic heterocycles. The molecule has 1 unspecified atom stereocenters. The Labute approximate surface area is 164 Å². The number of benzene rings is 1. The fourth-order valence-corrected chi connectivity index (χ4v) is 4.19. The van der Waals surface area contributed by atoms with Crippen LogP contribution < -0.4 is 0 Å². The third kappa shape index (κ3) is 6.11. The lowest BCUT2D eigenvalue weighted by Crippen LogP contribution is -2.34. The number of likely N-dealkylation sites (N-methyl/N-ethyl adjacent to an activating group) is 1. The highest BCUT2D eigenvalue weighted by Crippen LogP contribution is 2.39. The van der Waals surface area contributed by atoms with E-state index in [9.17, 15) is 0 Å². The van der Waals surface area contributed by atoms with E-state index in [2.05, 4.69) is 78.3 Å². The van der Waals surface area contributed by atoms with Crippen molar-refractivity contribution >= 4 is 49.0 Å². The summed E-state index contributed by atoms with van der Waals surface area (Å²) in [6.07, 6.45) is 2.62. The van der Waals surface area contributed by atoms with Crippen molar-refractivity contribution in [3.8, 4) is 0 Å². The maximum atomic E-state index is 2.71. The van der Waals surface area contributed by atoms with Gasteiger partial charge in [-0.2, -0.15) is 0 Å². The molecule has 126 valence electrons. The Morgan fingerprint density at radius 2 is 1.77 bits per heavy atom. The number of hydrogen-bond donors (Lipinski definition) is 0. The van der Waals surface area contributed by atoms with Crippen LogP contribution in [0.25, 0.3) is 0 Å². The summed E-state index contributed by atoms with van der Waals surface area (Å²) in [6.45, 7) is 8.94. The molecule has 1 saturated heterocycles. The summed E-state index contributed by atoms with van der Waals surface area (Å²) >= 11 is 6.27. The fraction of sp³-hybridized carbons (Fsp3) is 0.647. The second-order valence-corrected chi connectivity index (χ2v) is 6.52. The number of halogens is 2. The summed E-state index contributed by atoms with van der Waals surface area (Å²) in [5.41, 5.74) is 1.57. The molecule has 0 aliphatic carbocycles. The van der Waals surface area contributed by atoms with Gasteiger partial charge in [0.15, 0.2) is 0 Å². The van der Waals surface area contributed by atoms with E-state index in [-0.39, 0.29) is 0 Å². The smallest absolute Gasteiger partial charge is 0.0367 e. The van der Waals surface area contributed by atoms with Crippen LogP contribution in [0.3, 0.4) is 0 Å². The Bertz CT molecular complexity index is 417. The van der Waals surface area contributed by atoms with Crippen molar-refractivity contribution in [1.82, 2.24) is 9.80 Å². The average Bonchev–Trinajstić information content (AvgIpc) is 2.82. The monoisotopic (exact) mass is 546 g/mol. The van der Waals surface area contributed by atoms with E-state index in [1.165, 1.54) is 49.7 Å². The summed E-state index contributed by atoms with van der Waals surface area (Å²) in [5.74, 6) is 1.27. The van der Waals surface area contributed by atoms with E-state index >= 15 is 0 Å². The Hall–Kier alpha value is 0.950. The first-order chi connectivity index (χ1) is 10.8. The summed E-state index contributed by atoms with van der Waals surface area (Å²) in [6, 6.07) is 9.65. The molecule has 1 atom stereocenters. The topological polar surface area (TPSA) is 6.48 Å². The molecular formula is C17H28I2N2S. The summed E-state index contributed by atoms with van der Waals surface area (Å²) in [7, 11) is 2.24. The van der Waals surface area contributed by atoms with Crippen LogP contribution in [-0.2, 0) is 0 Å². The van der Waals surface area contributed by atoms with Gasteiger partial charge in [-0.25, -0.2) is 0 Å². The molecule has 0 amide bonds. The lowest BCUT2D eigenvalue weighted by molar-refractivity contribution is 0.195. The van der Waals surface area contributed by atoms with Gasteiger partial charge in [-0.3, -0.25) is 4.90 Å². The lowest BCUT2D eigenvalue weighted by atomic mass is 10.0. The van der Waals surface area contributed by atoms with E-state index < -0.39 is 0 Å². The van der Waals surface area contributed by atoms with Gasteiger partial charge in [-0.1, -0.05) is 32.0 Å². The van der Waals surface area contributed by atoms with Crippen LogP contribution in [0.2, 0.25) is 0 Å². The lowest BCUT2D eigenvalue weighted by Gasteiger charge is -2.34. The van der Waals surface area contributed by atoms with E-state index in [0.29, 0.717) is 6.04 Å². The van der Waals surface area contributed by atoms with Gasteiger partial charge in [0, 0.05) is 67.8 Å². The highest BCUT2D eigenvalue weighted by molar-refractivity contribution is 15.0. The van der Waals surface area contributed by atoms with Crippen LogP contribution >= 0.6 is 49.0 Å². The van der Waals surface area contributed by atoms with Crippen LogP contribution in [0.1, 0.15) is 38.3 Å². The van der Waals surface area contributed by atoms with Crippen molar-refractivity contribution in [3.05, 3.63) is 29.8 Å². The highest BCUT2D eigenvalue weighted by Gasteiger charge is 2.26. The molecular weight excluding hydrogens is 518 g/mol. The van der Waals surface area contributed by atoms with Gasteiger partial charge >= 0.3 is 0 Å². The van der Waals surface area contributed by atoms with Crippen LogP contribution in [-0.4, -0.2) is 48.8 Å². The van der Waals surface area contributed by atoms with Crippen LogP contribution in [0.15, 0.2) is 29.2 Å². The number of fused-ring (bicyclic) bond motifs is 1. The number of hydrogen-bond acceptors (Lipinski definition) is 3. The zero-order valence-corrected chi connectivity index (χ0v) is 19.0. The Kier molecular flexibility index (Phi) is 11.8. The molecule has 1 aromatic rings. The largest absolute Gasteiger partial charge is 0.305 e. The number of rotatable bonds is 1. The van der Waals surface area contributed by atoms with Crippen molar-refractivity contribution in [2.45, 2.75) is 37.6 Å². The van der Waals surface area contributed by atoms with Gasteiger partial charge in [0.2, 0.25) is 0 Å². The van der Waals surface area contributed by atoms with Gasteiger partial charge < -0.3 is 4.90 Å². The van der Waals surface area contributed by atoms with Crippen molar-refractivity contribution in [3.63, 3.8) is 0 Å². The van der Waals surface area contributed by atoms with Crippen molar-refractivity contribution in [1.29, 1.82) is 0 Å². The van der Waals surface area contributed by atoms with Crippen molar-refractivity contribution < 1.29 is 0 Å². The Morgan fingerprint density at radius 1 is 1.05 bits per heavy atom. The van der Waals surface area contributed by atoms with Gasteiger partial charge in [-0.15, -0.1) is 11.8 Å². The van der Waals surface area contributed by atoms with Crippen LogP contribution in [0, 0.1) is 0 Å². The zero-order chi connectivity index (χ0) is 16.4. The predicted octanol–water partition coefficient (Wildman–Crippen LogP) is 5.66. The van der Waals surface area contributed by atoms with E-state index in [0.717, 1.165) is 0 Å². The normalized spacial score (nSPS) is 22.3. The molecule has 5 heteroatoms. The van der Waals surface area contributed by atoms with Crippen LogP contribution in [0.4, 0.5) is 0 Å². The SMILES string of the molecule is CC.CN1CCCN(C2CCSc3ccccc32)CC1.II. The maximum absolute atomic E-state index is 2.71. The minimum absolute atomic E-state index is 0.661. The van der Waals surface area contributed by atoms with E-state index in [1.807, 2.05) is 25.6 Å². The third-order valence-electron chi connectivity index (χ3n) is 4.12. The average molecular weight is 546 g/mol. The second kappa shape index (κ2) is 12.3. The molecule has 0 bridgehead atoms. The van der Waals surface area contributed by atoms with Gasteiger partial charge in [-0.05, 0) is 43.8 Å². The summed E-state index contributed by atoms with van der Waals surface area (Å²) in [4.78, 5) is 6.68. The quantitative estimate of drug-likeness (QED) is 0.420. The Balaban J connectivity index is 0.000000561. The van der Waals surface area contributed by atoms with Gasteiger partial charge in [0.05, 0.1) is 0 Å². The van der Waals surface area contributed by atoms with Gasteiger partial charge in [0.25, 0.3) is 0 Å². The predicted molar refractivity (Wildman–Crippen MR) is 118 cm³/mol. The van der Waals surface area contributed by atoms with Crippen molar-refractivity contribution in [2.75, 3.05) is 39.0 Å². The van der Waals surface area contributed by atoms with Gasteiger partial charge in [0.1, 0.15) is 0 Å². The fourth-order valence-electron chi connectivity index (χ4n) is 3.08. The standard InChI is InChI=1S/C15H22N2S.C2H6.I2/c1-16-8-4-9-17(11-10-16)14-7-12-18-15-6-3-2-5-13(14)15;2*1-2/h2-3,5-6,14H,4,7-12H2,1H3;1-2H3;. The maximum Gasteiger partial charge on any atom is 0.0367 e. The van der Waals surface area contributed by atoms with E-state index in [4.69, 9.17) is 0 Å². The molecule has 2 aliphatic rings. The molecule has 1 aromatic carbocycles. The molecule has 0 saturated carbocycles. The first-order valence-electron chi connectivity index (χ1n) is 8.13. The van der Waals surface area contributed by atoms with E-state index in [1.54, 1.807) is 5.56 Å². The minimum Gasteiger partial charge on any atom is -0.305 e. The molecule has 3 rings (SSSR count). The minimum atomic E-state index is 0.661. The van der Waals surface area contributed by atoms with Crippen molar-refractivity contribution in [2.24, 2.45) is 0 Å². The third-order valence-corrected chi connectivity index (χ3v) is 5.24. The molecule has 0 N–H and O–H groups in total. The molecule has 22 heavy (non-hydrogen) atoms. The second-order valence-electron chi connectivity index (χ2n) is 5.38. The molecule has 2 heterocycles. The molecule has 0 spiro atoms. The molecule has 1 fully saturated rings.